The van der Waals surface area contributed by atoms with Gasteiger partial charge in [0.05, 0.1) is 5.69 Å². The van der Waals surface area contributed by atoms with Crippen LogP contribution >= 0.6 is 23.1 Å². The number of hydrogen-bond donors (Lipinski definition) is 1. The number of carbonyl (C=O) groups is 1. The lowest BCUT2D eigenvalue weighted by Gasteiger charge is -2.05. The first kappa shape index (κ1) is 18.5. The molecule has 1 aromatic heterocycles. The summed E-state index contributed by atoms with van der Waals surface area (Å²) in [6, 6.07) is 15.7. The number of amides is 1. The van der Waals surface area contributed by atoms with Crippen molar-refractivity contribution in [2.45, 2.75) is 25.3 Å². The van der Waals surface area contributed by atoms with Crippen LogP contribution in [0, 0.1) is 13.8 Å². The van der Waals surface area contributed by atoms with Gasteiger partial charge in [0.2, 0.25) is 0 Å². The van der Waals surface area contributed by atoms with E-state index < -0.39 is 0 Å². The minimum absolute atomic E-state index is 0.140. The third-order valence-corrected chi connectivity index (χ3v) is 5.62. The smallest absolute Gasteiger partial charge is 0.267 e. The van der Waals surface area contributed by atoms with Crippen LogP contribution < -0.4 is 10.1 Å². The van der Waals surface area contributed by atoms with Gasteiger partial charge in [0, 0.05) is 10.6 Å². The van der Waals surface area contributed by atoms with E-state index >= 15 is 0 Å². The maximum Gasteiger partial charge on any atom is 0.267 e. The van der Waals surface area contributed by atoms with Gasteiger partial charge in [-0.25, -0.2) is 4.98 Å². The van der Waals surface area contributed by atoms with E-state index in [1.807, 2.05) is 68.6 Å². The van der Waals surface area contributed by atoms with Gasteiger partial charge in [-0.15, -0.1) is 23.1 Å². The number of anilines is 1. The highest BCUT2D eigenvalue weighted by atomic mass is 32.2. The molecule has 0 aliphatic heterocycles. The SMILES string of the molecule is CSc1ccc(NC(=O)c2sc(COc3cccc(C)c3)nc2C)cc1. The van der Waals surface area contributed by atoms with Crippen molar-refractivity contribution in [3.63, 3.8) is 0 Å². The van der Waals surface area contributed by atoms with Crippen LogP contribution in [-0.4, -0.2) is 17.1 Å². The van der Waals surface area contributed by atoms with Crippen molar-refractivity contribution in [1.82, 2.24) is 4.98 Å². The maximum absolute atomic E-state index is 12.5. The summed E-state index contributed by atoms with van der Waals surface area (Å²) in [4.78, 5) is 18.8. The Morgan fingerprint density at radius 3 is 2.65 bits per heavy atom. The van der Waals surface area contributed by atoms with Crippen molar-refractivity contribution in [3.8, 4) is 5.75 Å². The van der Waals surface area contributed by atoms with Crippen molar-refractivity contribution >= 4 is 34.7 Å². The molecule has 0 unspecified atom stereocenters. The van der Waals surface area contributed by atoms with Gasteiger partial charge >= 0.3 is 0 Å². The normalized spacial score (nSPS) is 10.6. The molecule has 6 heteroatoms. The molecule has 0 aliphatic carbocycles. The molecular weight excluding hydrogens is 364 g/mol. The van der Waals surface area contributed by atoms with Crippen LogP contribution in [0.25, 0.3) is 0 Å². The minimum Gasteiger partial charge on any atom is -0.486 e. The number of thiazole rings is 1. The van der Waals surface area contributed by atoms with Gasteiger partial charge in [0.25, 0.3) is 5.91 Å². The quantitative estimate of drug-likeness (QED) is 0.585. The van der Waals surface area contributed by atoms with Crippen LogP contribution in [-0.2, 0) is 6.61 Å². The van der Waals surface area contributed by atoms with Crippen LogP contribution in [0.15, 0.2) is 53.4 Å². The highest BCUT2D eigenvalue weighted by Gasteiger charge is 2.16. The summed E-state index contributed by atoms with van der Waals surface area (Å²) in [5.41, 5.74) is 2.64. The van der Waals surface area contributed by atoms with Crippen LogP contribution in [0.1, 0.15) is 25.9 Å². The van der Waals surface area contributed by atoms with Gasteiger partial charge in [0.1, 0.15) is 22.2 Å². The minimum atomic E-state index is -0.140. The number of nitrogens with one attached hydrogen (secondary N) is 1. The second-order valence-corrected chi connectivity index (χ2v) is 7.77. The van der Waals surface area contributed by atoms with E-state index in [4.69, 9.17) is 4.74 Å². The van der Waals surface area contributed by atoms with E-state index in [-0.39, 0.29) is 5.91 Å². The van der Waals surface area contributed by atoms with Gasteiger partial charge in [0.15, 0.2) is 0 Å². The fourth-order valence-corrected chi connectivity index (χ4v) is 3.72. The molecule has 0 saturated heterocycles. The number of aryl methyl sites for hydroxylation is 2. The van der Waals surface area contributed by atoms with E-state index in [9.17, 15) is 4.79 Å². The number of thioether (sulfide) groups is 1. The fourth-order valence-electron chi connectivity index (χ4n) is 2.44. The number of ether oxygens (including phenoxy) is 1. The average Bonchev–Trinajstić information content (AvgIpc) is 3.01. The Hall–Kier alpha value is -2.31. The molecule has 0 atom stereocenters. The maximum atomic E-state index is 12.5. The molecule has 1 N–H and O–H groups in total. The first-order valence-corrected chi connectivity index (χ1v) is 10.2. The van der Waals surface area contributed by atoms with Crippen molar-refractivity contribution in [1.29, 1.82) is 0 Å². The largest absolute Gasteiger partial charge is 0.486 e. The first-order chi connectivity index (χ1) is 12.5. The van der Waals surface area contributed by atoms with Gasteiger partial charge in [-0.2, -0.15) is 0 Å². The topological polar surface area (TPSA) is 51.2 Å². The first-order valence-electron chi connectivity index (χ1n) is 8.16. The van der Waals surface area contributed by atoms with E-state index in [0.29, 0.717) is 11.5 Å². The van der Waals surface area contributed by atoms with Crippen molar-refractivity contribution in [3.05, 3.63) is 69.7 Å². The predicted molar refractivity (Wildman–Crippen MR) is 109 cm³/mol. The molecule has 3 aromatic rings. The second kappa shape index (κ2) is 8.38. The zero-order valence-electron chi connectivity index (χ0n) is 14.9. The predicted octanol–water partition coefficient (Wildman–Crippen LogP) is 5.31. The third-order valence-electron chi connectivity index (χ3n) is 3.75. The fraction of sp³-hybridized carbons (Fsp3) is 0.200. The highest BCUT2D eigenvalue weighted by Crippen LogP contribution is 2.23. The van der Waals surface area contributed by atoms with E-state index in [1.165, 1.54) is 11.3 Å². The Morgan fingerprint density at radius 1 is 1.19 bits per heavy atom. The lowest BCUT2D eigenvalue weighted by atomic mass is 10.2. The third kappa shape index (κ3) is 4.65. The molecule has 134 valence electrons. The molecule has 0 saturated carbocycles. The Balaban J connectivity index is 1.65. The monoisotopic (exact) mass is 384 g/mol. The van der Waals surface area contributed by atoms with Crippen LogP contribution in [0.4, 0.5) is 5.69 Å². The molecule has 0 aliphatic rings. The molecule has 0 fully saturated rings. The number of aromatic nitrogens is 1. The van der Waals surface area contributed by atoms with Gasteiger partial charge in [-0.3, -0.25) is 4.79 Å². The summed E-state index contributed by atoms with van der Waals surface area (Å²) in [5, 5.41) is 3.71. The second-order valence-electron chi connectivity index (χ2n) is 5.81. The number of rotatable bonds is 6. The number of carbonyl (C=O) groups excluding carboxylic acids is 1. The Labute approximate surface area is 161 Å². The number of nitrogens with zero attached hydrogens (tertiary/aromatic N) is 1. The molecule has 0 radical (unpaired) electrons. The highest BCUT2D eigenvalue weighted by molar-refractivity contribution is 7.98. The number of hydrogen-bond acceptors (Lipinski definition) is 5. The molecule has 4 nitrogen and oxygen atoms in total. The average molecular weight is 385 g/mol. The Bertz CT molecular complexity index is 904. The molecule has 1 heterocycles. The molecular formula is C20H20N2O2S2. The Morgan fingerprint density at radius 2 is 1.96 bits per heavy atom. The molecule has 2 aromatic carbocycles. The Kier molecular flexibility index (Phi) is 5.96. The molecule has 0 spiro atoms. The van der Waals surface area contributed by atoms with Crippen molar-refractivity contribution in [2.75, 3.05) is 11.6 Å². The van der Waals surface area contributed by atoms with Crippen LogP contribution in [0.2, 0.25) is 0 Å². The summed E-state index contributed by atoms with van der Waals surface area (Å²) in [7, 11) is 0. The summed E-state index contributed by atoms with van der Waals surface area (Å²) in [6.45, 7) is 4.22. The zero-order chi connectivity index (χ0) is 18.5. The van der Waals surface area contributed by atoms with E-state index in [2.05, 4.69) is 10.3 Å². The lowest BCUT2D eigenvalue weighted by Crippen LogP contribution is -2.11. The van der Waals surface area contributed by atoms with Crippen molar-refractivity contribution < 1.29 is 9.53 Å². The van der Waals surface area contributed by atoms with Gasteiger partial charge in [-0.05, 0) is 62.1 Å². The van der Waals surface area contributed by atoms with Crippen LogP contribution in [0.3, 0.4) is 0 Å². The number of benzene rings is 2. The lowest BCUT2D eigenvalue weighted by molar-refractivity contribution is 0.103. The van der Waals surface area contributed by atoms with E-state index in [0.717, 1.165) is 32.6 Å². The van der Waals surface area contributed by atoms with Gasteiger partial charge < -0.3 is 10.1 Å². The summed E-state index contributed by atoms with van der Waals surface area (Å²) in [5.74, 6) is 0.663. The van der Waals surface area contributed by atoms with Crippen molar-refractivity contribution in [2.24, 2.45) is 0 Å². The molecule has 3 rings (SSSR count). The summed E-state index contributed by atoms with van der Waals surface area (Å²) in [6.07, 6.45) is 2.02. The molecule has 0 bridgehead atoms. The standard InChI is InChI=1S/C20H20N2O2S2/c1-13-5-4-6-16(11-13)24-12-18-21-14(2)19(26-18)20(23)22-15-7-9-17(25-3)10-8-15/h4-11H,12H2,1-3H3,(H,22,23). The van der Waals surface area contributed by atoms with E-state index in [1.54, 1.807) is 11.8 Å². The summed E-state index contributed by atoms with van der Waals surface area (Å²) < 4.78 is 5.78. The van der Waals surface area contributed by atoms with Crippen LogP contribution in [0.5, 0.6) is 5.75 Å². The van der Waals surface area contributed by atoms with Gasteiger partial charge in [-0.1, -0.05) is 12.1 Å². The molecule has 1 amide bonds. The molecule has 26 heavy (non-hydrogen) atoms. The summed E-state index contributed by atoms with van der Waals surface area (Å²) >= 11 is 3.03. The zero-order valence-corrected chi connectivity index (χ0v) is 16.5.